The van der Waals surface area contributed by atoms with Crippen molar-refractivity contribution >= 4 is 12.6 Å². The summed E-state index contributed by atoms with van der Waals surface area (Å²) >= 11 is 4.14. The van der Waals surface area contributed by atoms with Crippen molar-refractivity contribution in [3.8, 4) is 0 Å². The number of thiol groups is 1. The Morgan fingerprint density at radius 3 is 2.38 bits per heavy atom. The van der Waals surface area contributed by atoms with E-state index in [0.29, 0.717) is 6.54 Å². The molecule has 0 aromatic rings. The molecule has 0 aliphatic carbocycles. The summed E-state index contributed by atoms with van der Waals surface area (Å²) in [5.41, 5.74) is 0. The fraction of sp³-hybridized carbons (Fsp3) is 1.00. The minimum Gasteiger partial charge on any atom is -0.395 e. The SMILES string of the molecule is CC(S)N(C)CCO. The molecule has 3 heteroatoms. The van der Waals surface area contributed by atoms with Gasteiger partial charge in [-0.3, -0.25) is 4.90 Å². The Balaban J connectivity index is 3.17. The van der Waals surface area contributed by atoms with Crippen LogP contribution in [-0.2, 0) is 0 Å². The van der Waals surface area contributed by atoms with Crippen molar-refractivity contribution in [1.29, 1.82) is 0 Å². The number of hydrogen-bond acceptors (Lipinski definition) is 3. The number of rotatable bonds is 3. The highest BCUT2D eigenvalue weighted by Gasteiger charge is 1.99. The van der Waals surface area contributed by atoms with Gasteiger partial charge in [0.1, 0.15) is 0 Å². The van der Waals surface area contributed by atoms with E-state index in [1.54, 1.807) is 0 Å². The number of hydrogen-bond donors (Lipinski definition) is 2. The number of aliphatic hydroxyl groups is 1. The van der Waals surface area contributed by atoms with E-state index in [1.165, 1.54) is 0 Å². The smallest absolute Gasteiger partial charge is 0.0558 e. The Morgan fingerprint density at radius 1 is 1.75 bits per heavy atom. The highest BCUT2D eigenvalue weighted by molar-refractivity contribution is 7.80. The number of aliphatic hydroxyl groups excluding tert-OH is 1. The Hall–Kier alpha value is 0.270. The molecule has 0 heterocycles. The fourth-order valence-corrected chi connectivity index (χ4v) is 0.460. The first-order valence-electron chi connectivity index (χ1n) is 2.67. The molecule has 0 spiro atoms. The van der Waals surface area contributed by atoms with Crippen molar-refractivity contribution in [2.75, 3.05) is 20.2 Å². The van der Waals surface area contributed by atoms with Crippen LogP contribution in [0.5, 0.6) is 0 Å². The summed E-state index contributed by atoms with van der Waals surface area (Å²) in [5, 5.41) is 8.65. The first-order chi connectivity index (χ1) is 3.68. The lowest BCUT2D eigenvalue weighted by atomic mass is 10.5. The third-order valence-corrected chi connectivity index (χ3v) is 1.48. The van der Waals surface area contributed by atoms with E-state index in [1.807, 2.05) is 18.9 Å². The molecule has 1 unspecified atom stereocenters. The molecule has 0 aromatic heterocycles. The maximum absolute atomic E-state index is 8.41. The molecule has 0 aromatic carbocycles. The highest BCUT2D eigenvalue weighted by Crippen LogP contribution is 1.96. The predicted molar refractivity (Wildman–Crippen MR) is 38.2 cm³/mol. The van der Waals surface area contributed by atoms with Crippen LogP contribution in [0.4, 0.5) is 0 Å². The second-order valence-electron chi connectivity index (χ2n) is 1.84. The summed E-state index contributed by atoms with van der Waals surface area (Å²) in [6.07, 6.45) is 0. The van der Waals surface area contributed by atoms with Crippen molar-refractivity contribution in [2.24, 2.45) is 0 Å². The second-order valence-corrected chi connectivity index (χ2v) is 2.58. The summed E-state index contributed by atoms with van der Waals surface area (Å²) in [4.78, 5) is 1.96. The van der Waals surface area contributed by atoms with Crippen LogP contribution in [0.2, 0.25) is 0 Å². The standard InChI is InChI=1S/C5H13NOS/c1-5(8)6(2)3-4-7/h5,7-8H,3-4H2,1-2H3. The molecule has 50 valence electrons. The van der Waals surface area contributed by atoms with Crippen molar-refractivity contribution in [2.45, 2.75) is 12.3 Å². The van der Waals surface area contributed by atoms with Gasteiger partial charge in [0.25, 0.3) is 0 Å². The van der Waals surface area contributed by atoms with E-state index in [9.17, 15) is 0 Å². The third kappa shape index (κ3) is 3.29. The summed E-state index contributed by atoms with van der Waals surface area (Å²) in [6, 6.07) is 0. The molecule has 0 saturated heterocycles. The Kier molecular flexibility index (Phi) is 4.32. The predicted octanol–water partition coefficient (Wildman–Crippen LogP) is 0.186. The van der Waals surface area contributed by atoms with Gasteiger partial charge in [-0.25, -0.2) is 0 Å². The van der Waals surface area contributed by atoms with E-state index in [0.717, 1.165) is 0 Å². The van der Waals surface area contributed by atoms with Crippen LogP contribution in [0, 0.1) is 0 Å². The molecular weight excluding hydrogens is 122 g/mol. The van der Waals surface area contributed by atoms with Crippen LogP contribution in [0.3, 0.4) is 0 Å². The minimum atomic E-state index is 0.210. The molecule has 0 bridgehead atoms. The average molecular weight is 135 g/mol. The molecule has 0 radical (unpaired) electrons. The molecular formula is C5H13NOS. The number of likely N-dealkylation sites (N-methyl/N-ethyl adjacent to an activating group) is 1. The van der Waals surface area contributed by atoms with Gasteiger partial charge in [0.15, 0.2) is 0 Å². The molecule has 0 amide bonds. The minimum absolute atomic E-state index is 0.210. The second kappa shape index (κ2) is 4.18. The lowest BCUT2D eigenvalue weighted by Crippen LogP contribution is -2.27. The van der Waals surface area contributed by atoms with Gasteiger partial charge in [-0.05, 0) is 14.0 Å². The van der Waals surface area contributed by atoms with E-state index < -0.39 is 0 Å². The van der Waals surface area contributed by atoms with Gasteiger partial charge in [-0.2, -0.15) is 12.6 Å². The number of nitrogens with zero attached hydrogens (tertiary/aromatic N) is 1. The summed E-state index contributed by atoms with van der Waals surface area (Å²) in [5.74, 6) is 0. The van der Waals surface area contributed by atoms with Crippen molar-refractivity contribution in [3.63, 3.8) is 0 Å². The van der Waals surface area contributed by atoms with E-state index in [-0.39, 0.29) is 12.0 Å². The van der Waals surface area contributed by atoms with Gasteiger partial charge in [0.2, 0.25) is 0 Å². The topological polar surface area (TPSA) is 23.5 Å². The van der Waals surface area contributed by atoms with Gasteiger partial charge in [-0.1, -0.05) is 0 Å². The largest absolute Gasteiger partial charge is 0.395 e. The van der Waals surface area contributed by atoms with Gasteiger partial charge < -0.3 is 5.11 Å². The van der Waals surface area contributed by atoms with Crippen molar-refractivity contribution in [1.82, 2.24) is 4.90 Å². The first-order valence-corrected chi connectivity index (χ1v) is 3.19. The van der Waals surface area contributed by atoms with Gasteiger partial charge >= 0.3 is 0 Å². The zero-order valence-corrected chi connectivity index (χ0v) is 6.23. The van der Waals surface area contributed by atoms with Gasteiger partial charge in [0, 0.05) is 11.9 Å². The molecule has 0 aliphatic heterocycles. The van der Waals surface area contributed by atoms with Gasteiger partial charge in [-0.15, -0.1) is 0 Å². The van der Waals surface area contributed by atoms with Gasteiger partial charge in [0.05, 0.1) is 6.61 Å². The first kappa shape index (κ1) is 8.27. The van der Waals surface area contributed by atoms with E-state index in [4.69, 9.17) is 5.11 Å². The van der Waals surface area contributed by atoms with E-state index in [2.05, 4.69) is 12.6 Å². The monoisotopic (exact) mass is 135 g/mol. The zero-order chi connectivity index (χ0) is 6.57. The molecule has 2 nitrogen and oxygen atoms in total. The Bertz CT molecular complexity index is 58.4. The molecule has 1 N–H and O–H groups in total. The molecule has 1 atom stereocenters. The lowest BCUT2D eigenvalue weighted by Gasteiger charge is -2.17. The molecule has 8 heavy (non-hydrogen) atoms. The molecule has 0 rings (SSSR count). The van der Waals surface area contributed by atoms with Crippen molar-refractivity contribution in [3.05, 3.63) is 0 Å². The Labute approximate surface area is 55.9 Å². The molecule has 0 aliphatic rings. The normalized spacial score (nSPS) is 14.6. The Morgan fingerprint density at radius 2 is 2.25 bits per heavy atom. The third-order valence-electron chi connectivity index (χ3n) is 1.09. The zero-order valence-electron chi connectivity index (χ0n) is 5.33. The van der Waals surface area contributed by atoms with Crippen molar-refractivity contribution < 1.29 is 5.11 Å². The summed E-state index contributed by atoms with van der Waals surface area (Å²) in [6.45, 7) is 2.88. The summed E-state index contributed by atoms with van der Waals surface area (Å²) in [7, 11) is 1.92. The van der Waals surface area contributed by atoms with Crippen LogP contribution in [0.1, 0.15) is 6.92 Å². The van der Waals surface area contributed by atoms with E-state index >= 15 is 0 Å². The molecule has 0 saturated carbocycles. The summed E-state index contributed by atoms with van der Waals surface area (Å²) < 4.78 is 0. The maximum Gasteiger partial charge on any atom is 0.0558 e. The van der Waals surface area contributed by atoms with Crippen LogP contribution < -0.4 is 0 Å². The fourth-order valence-electron chi connectivity index (χ4n) is 0.345. The highest BCUT2D eigenvalue weighted by atomic mass is 32.1. The van der Waals surface area contributed by atoms with Crippen LogP contribution in [0.15, 0.2) is 0 Å². The quantitative estimate of drug-likeness (QED) is 0.426. The van der Waals surface area contributed by atoms with Crippen LogP contribution in [0.25, 0.3) is 0 Å². The lowest BCUT2D eigenvalue weighted by molar-refractivity contribution is 0.218. The average Bonchev–Trinajstić information content (AvgIpc) is 1.67. The maximum atomic E-state index is 8.41. The molecule has 0 fully saturated rings. The van der Waals surface area contributed by atoms with Crippen LogP contribution in [-0.4, -0.2) is 35.6 Å². The van der Waals surface area contributed by atoms with Crippen LogP contribution >= 0.6 is 12.6 Å².